The molecular weight excluding hydrogens is 132 g/mol. The van der Waals surface area contributed by atoms with Gasteiger partial charge in [0.2, 0.25) is 0 Å². The van der Waals surface area contributed by atoms with Crippen molar-refractivity contribution >= 4 is 0 Å². The molecule has 4 aliphatic carbocycles. The zero-order valence-corrected chi connectivity index (χ0v) is 7.18. The van der Waals surface area contributed by atoms with E-state index in [0.29, 0.717) is 0 Å². The summed E-state index contributed by atoms with van der Waals surface area (Å²) < 4.78 is 0. The molecule has 0 heteroatoms. The molecular formula is C11H17+. The fraction of sp³-hybridized carbons (Fsp3) is 0.909. The van der Waals surface area contributed by atoms with Gasteiger partial charge in [0.25, 0.3) is 0 Å². The van der Waals surface area contributed by atoms with Crippen molar-refractivity contribution in [2.24, 2.45) is 17.8 Å². The third-order valence-electron chi connectivity index (χ3n) is 4.06. The summed E-state index contributed by atoms with van der Waals surface area (Å²) in [7, 11) is 0. The quantitative estimate of drug-likeness (QED) is 0.464. The largest absolute Gasteiger partial charge is 0.0928 e. The molecule has 4 saturated carbocycles. The Kier molecular flexibility index (Phi) is 1.27. The summed E-state index contributed by atoms with van der Waals surface area (Å²) >= 11 is 0. The van der Waals surface area contributed by atoms with Crippen LogP contribution in [0.5, 0.6) is 0 Å². The van der Waals surface area contributed by atoms with Gasteiger partial charge in [0.15, 0.2) is 0 Å². The molecule has 0 aromatic heterocycles. The van der Waals surface area contributed by atoms with Gasteiger partial charge in [0.1, 0.15) is 0 Å². The van der Waals surface area contributed by atoms with Crippen molar-refractivity contribution in [3.05, 3.63) is 5.92 Å². The van der Waals surface area contributed by atoms with Gasteiger partial charge in [-0.2, -0.15) is 0 Å². The highest BCUT2D eigenvalue weighted by atomic mass is 14.4. The highest BCUT2D eigenvalue weighted by molar-refractivity contribution is 5.04. The lowest BCUT2D eigenvalue weighted by molar-refractivity contribution is 0.174. The standard InChI is InChI=1S/C11H17/c1-2-9-5-10-3-8(1)4-11(6-9)7-10/h8,10-11H,1-7H2/q+1. The van der Waals surface area contributed by atoms with Crippen molar-refractivity contribution in [2.75, 3.05) is 0 Å². The second-order valence-electron chi connectivity index (χ2n) is 5.00. The predicted octanol–water partition coefficient (Wildman–Crippen LogP) is 3.18. The van der Waals surface area contributed by atoms with Crippen LogP contribution >= 0.6 is 0 Å². The molecule has 4 bridgehead atoms. The van der Waals surface area contributed by atoms with Gasteiger partial charge in [-0.1, -0.05) is 0 Å². The first kappa shape index (κ1) is 6.39. The average molecular weight is 149 g/mol. The zero-order valence-electron chi connectivity index (χ0n) is 7.18. The highest BCUT2D eigenvalue weighted by Gasteiger charge is 2.45. The minimum atomic E-state index is 1.13. The Morgan fingerprint density at radius 1 is 0.818 bits per heavy atom. The topological polar surface area (TPSA) is 0 Å². The van der Waals surface area contributed by atoms with Gasteiger partial charge in [-0.3, -0.25) is 0 Å². The minimum Gasteiger partial charge on any atom is -0.0433 e. The summed E-state index contributed by atoms with van der Waals surface area (Å²) in [6, 6.07) is 0. The van der Waals surface area contributed by atoms with Gasteiger partial charge >= 0.3 is 0 Å². The summed E-state index contributed by atoms with van der Waals surface area (Å²) in [5, 5.41) is 0. The molecule has 4 rings (SSSR count). The molecule has 0 radical (unpaired) electrons. The van der Waals surface area contributed by atoms with Crippen LogP contribution in [0, 0.1) is 23.7 Å². The Morgan fingerprint density at radius 3 is 2.18 bits per heavy atom. The van der Waals surface area contributed by atoms with Crippen LogP contribution in [0.4, 0.5) is 0 Å². The molecule has 0 saturated heterocycles. The summed E-state index contributed by atoms with van der Waals surface area (Å²) in [5.74, 6) is 5.33. The van der Waals surface area contributed by atoms with Crippen LogP contribution in [0.25, 0.3) is 0 Å². The van der Waals surface area contributed by atoms with Crippen LogP contribution < -0.4 is 0 Å². The molecule has 2 atom stereocenters. The van der Waals surface area contributed by atoms with Crippen LogP contribution in [0.15, 0.2) is 0 Å². The summed E-state index contributed by atoms with van der Waals surface area (Å²) in [6.45, 7) is 0. The van der Waals surface area contributed by atoms with Crippen molar-refractivity contribution in [2.45, 2.75) is 44.9 Å². The SMILES string of the molecule is C1CC2CC3C[C+]1CC(C2)C3. The molecule has 0 heterocycles. The van der Waals surface area contributed by atoms with E-state index in [4.69, 9.17) is 0 Å². The molecule has 0 spiro atoms. The van der Waals surface area contributed by atoms with Crippen LogP contribution in [-0.2, 0) is 0 Å². The molecule has 0 amide bonds. The monoisotopic (exact) mass is 149 g/mol. The average Bonchev–Trinajstić information content (AvgIpc) is 2.18. The summed E-state index contributed by atoms with van der Waals surface area (Å²) in [4.78, 5) is 0. The van der Waals surface area contributed by atoms with Crippen LogP contribution in [0.3, 0.4) is 0 Å². The van der Waals surface area contributed by atoms with E-state index in [1.54, 1.807) is 25.7 Å². The molecule has 0 aliphatic heterocycles. The van der Waals surface area contributed by atoms with E-state index < -0.39 is 0 Å². The first-order chi connectivity index (χ1) is 5.40. The maximum absolute atomic E-state index is 1.94. The van der Waals surface area contributed by atoms with Crippen molar-refractivity contribution in [1.29, 1.82) is 0 Å². The molecule has 0 aromatic rings. The minimum absolute atomic E-state index is 1.13. The Balaban J connectivity index is 1.90. The summed E-state index contributed by atoms with van der Waals surface area (Å²) in [5.41, 5.74) is 0. The van der Waals surface area contributed by atoms with Crippen LogP contribution in [-0.4, -0.2) is 0 Å². The maximum atomic E-state index is 1.94. The lowest BCUT2D eigenvalue weighted by Crippen LogP contribution is -2.26. The lowest BCUT2D eigenvalue weighted by atomic mass is 9.68. The van der Waals surface area contributed by atoms with Crippen molar-refractivity contribution in [3.8, 4) is 0 Å². The number of hydrogen-bond acceptors (Lipinski definition) is 0. The van der Waals surface area contributed by atoms with Crippen LogP contribution in [0.1, 0.15) is 44.9 Å². The predicted molar refractivity (Wildman–Crippen MR) is 46.0 cm³/mol. The molecule has 11 heavy (non-hydrogen) atoms. The maximum Gasteiger partial charge on any atom is 0.0928 e. The molecule has 0 N–H and O–H groups in total. The molecule has 0 nitrogen and oxygen atoms in total. The Bertz CT molecular complexity index is 127. The molecule has 4 fully saturated rings. The molecule has 60 valence electrons. The van der Waals surface area contributed by atoms with Gasteiger partial charge < -0.3 is 0 Å². The van der Waals surface area contributed by atoms with E-state index >= 15 is 0 Å². The first-order valence-electron chi connectivity index (χ1n) is 5.23. The van der Waals surface area contributed by atoms with Gasteiger partial charge in [-0.15, -0.1) is 0 Å². The van der Waals surface area contributed by atoms with E-state index in [1.165, 1.54) is 19.3 Å². The van der Waals surface area contributed by atoms with Gasteiger partial charge in [0.05, 0.1) is 25.2 Å². The highest BCUT2D eigenvalue weighted by Crippen LogP contribution is 2.51. The zero-order chi connectivity index (χ0) is 7.26. The third kappa shape index (κ3) is 0.988. The molecule has 0 aromatic carbocycles. The van der Waals surface area contributed by atoms with E-state index in [0.717, 1.165) is 17.8 Å². The van der Waals surface area contributed by atoms with Gasteiger partial charge in [-0.25, -0.2) is 0 Å². The number of rotatable bonds is 0. The fourth-order valence-corrected chi connectivity index (χ4v) is 3.78. The number of fused-ring (bicyclic) bond motifs is 1. The molecule has 2 unspecified atom stereocenters. The van der Waals surface area contributed by atoms with E-state index in [9.17, 15) is 0 Å². The Hall–Kier alpha value is -0.130. The second kappa shape index (κ2) is 2.18. The van der Waals surface area contributed by atoms with Crippen LogP contribution in [0.2, 0.25) is 0 Å². The van der Waals surface area contributed by atoms with Crippen molar-refractivity contribution < 1.29 is 0 Å². The van der Waals surface area contributed by atoms with E-state index in [2.05, 4.69) is 0 Å². The normalized spacial score (nSPS) is 48.0. The van der Waals surface area contributed by atoms with E-state index in [1.807, 2.05) is 5.92 Å². The number of hydrogen-bond donors (Lipinski definition) is 0. The first-order valence-corrected chi connectivity index (χ1v) is 5.23. The Labute approximate surface area is 69.4 Å². The van der Waals surface area contributed by atoms with Gasteiger partial charge in [-0.05, 0) is 31.6 Å². The van der Waals surface area contributed by atoms with Crippen molar-refractivity contribution in [3.63, 3.8) is 0 Å². The smallest absolute Gasteiger partial charge is 0.0433 e. The fourth-order valence-electron chi connectivity index (χ4n) is 3.78. The van der Waals surface area contributed by atoms with Crippen molar-refractivity contribution in [1.82, 2.24) is 0 Å². The molecule has 4 aliphatic rings. The van der Waals surface area contributed by atoms with E-state index in [-0.39, 0.29) is 0 Å². The third-order valence-corrected chi connectivity index (χ3v) is 4.06. The lowest BCUT2D eigenvalue weighted by Gasteiger charge is -2.33. The second-order valence-corrected chi connectivity index (χ2v) is 5.00. The Morgan fingerprint density at radius 2 is 1.45 bits per heavy atom. The summed E-state index contributed by atoms with van der Waals surface area (Å²) in [6.07, 6.45) is 10.8. The van der Waals surface area contributed by atoms with Gasteiger partial charge in [0, 0.05) is 11.8 Å².